The van der Waals surface area contributed by atoms with E-state index in [2.05, 4.69) is 53.3 Å². The number of rotatable bonds is 10. The number of primary amides is 1. The van der Waals surface area contributed by atoms with E-state index in [-0.39, 0.29) is 133 Å². The van der Waals surface area contributed by atoms with Crippen molar-refractivity contribution in [1.82, 2.24) is 49.8 Å². The number of fused-ring (bicyclic) bond motifs is 4. The van der Waals surface area contributed by atoms with E-state index in [1.807, 2.05) is 61.5 Å². The van der Waals surface area contributed by atoms with Gasteiger partial charge >= 0.3 is 18.1 Å². The second-order valence-electron chi connectivity index (χ2n) is 24.6. The van der Waals surface area contributed by atoms with E-state index in [9.17, 15) is 56.4 Å². The molecule has 3 aliphatic rings. The second kappa shape index (κ2) is 36.6. The van der Waals surface area contributed by atoms with Crippen molar-refractivity contribution in [1.29, 1.82) is 15.8 Å². The number of benzene rings is 8. The maximum Gasteiger partial charge on any atom is 0.327 e. The molecule has 0 spiro atoms. The number of nitriles is 3. The van der Waals surface area contributed by atoms with E-state index in [1.54, 1.807) is 118 Å². The Kier molecular flexibility index (Phi) is 27.8. The Balaban J connectivity index is 0.000000196. The summed E-state index contributed by atoms with van der Waals surface area (Å²) >= 11 is 3.42. The maximum atomic E-state index is 13.3. The number of imide groups is 3. The predicted octanol–water partition coefficient (Wildman–Crippen LogP) is 16.6. The number of nitrogens with zero attached hydrogens (tertiary/aromatic N) is 12. The molecule has 0 unspecified atom stereocenters. The number of aryl methyl sites for hydroxylation is 1. The first-order valence-electron chi connectivity index (χ1n) is 32.4. The molecule has 0 saturated carbocycles. The number of likely N-dealkylation sites (N-methyl/N-ethyl adjacent to an activating group) is 3. The summed E-state index contributed by atoms with van der Waals surface area (Å²) in [5.41, 5.74) is 19.1. The third kappa shape index (κ3) is 19.3. The monoisotopic (exact) mass is 1550 g/mol. The topological polar surface area (TPSA) is 297 Å². The fourth-order valence-electron chi connectivity index (χ4n) is 11.8. The number of nitrogens with one attached hydrogen (secondary N) is 1. The van der Waals surface area contributed by atoms with Gasteiger partial charge in [0, 0.05) is 48.0 Å². The van der Waals surface area contributed by atoms with Crippen LogP contribution in [0.2, 0.25) is 0 Å². The first kappa shape index (κ1) is 83.6. The first-order chi connectivity index (χ1) is 50.9. The maximum absolute atomic E-state index is 13.3. The summed E-state index contributed by atoms with van der Waals surface area (Å²) in [7, 11) is 4.72. The van der Waals surface area contributed by atoms with Crippen LogP contribution in [0.3, 0.4) is 0 Å². The summed E-state index contributed by atoms with van der Waals surface area (Å²) < 4.78 is 52.7. The highest BCUT2D eigenvalue weighted by Crippen LogP contribution is 2.35. The summed E-state index contributed by atoms with van der Waals surface area (Å²) in [5, 5.41) is 33.9. The zero-order valence-electron chi connectivity index (χ0n) is 56.9. The number of urea groups is 3. The minimum atomic E-state index is -0.688. The quantitative estimate of drug-likeness (QED) is 0.0731. The van der Waals surface area contributed by atoms with Crippen molar-refractivity contribution in [3.63, 3.8) is 0 Å². The molecule has 3 fully saturated rings. The van der Waals surface area contributed by atoms with E-state index in [0.29, 0.717) is 39.1 Å². The van der Waals surface area contributed by atoms with Gasteiger partial charge in [0.25, 0.3) is 17.7 Å². The molecule has 4 aromatic heterocycles. The van der Waals surface area contributed by atoms with Crippen molar-refractivity contribution in [3.05, 3.63) is 262 Å². The molecule has 110 heavy (non-hydrogen) atoms. The smallest absolute Gasteiger partial charge is 0.327 e. The van der Waals surface area contributed by atoms with Gasteiger partial charge in [-0.05, 0) is 171 Å². The van der Waals surface area contributed by atoms with Gasteiger partial charge in [0.05, 0.1) is 35.2 Å². The summed E-state index contributed by atoms with van der Waals surface area (Å²) in [6, 6.07) is 59.0. The SMILES string of the molecule is C.C.C.C.CN1CC(=O)N(Cc2ccc3c(-c4ccc(F)cc4)cc(C#N)nc3c2)C1=O.CN1CC(=O)N(Cc2ccc3c(-c4ccc(F)cc4)cc(C(N)=O)nc3c2)C1=O.CN1CC(=O)NC1=O.Cc1ccc2c(-c3ccc(F)cc3)cc(C#N)nc2c1.N#Cc1cc(-c2ccc(F)cc2)c2ccc(CBr)cc2n1. The van der Waals surface area contributed by atoms with Crippen molar-refractivity contribution >= 4 is 101 Å². The number of halogens is 5. The number of amides is 10. The van der Waals surface area contributed by atoms with Gasteiger partial charge in [-0.3, -0.25) is 34.3 Å². The van der Waals surface area contributed by atoms with Gasteiger partial charge in [0.15, 0.2) is 0 Å². The molecule has 3 N–H and O–H groups in total. The number of nitrogens with two attached hydrogens (primary N) is 1. The zero-order valence-corrected chi connectivity index (χ0v) is 58.5. The average molecular weight is 1550 g/mol. The second-order valence-corrected chi connectivity index (χ2v) is 25.2. The number of carbonyl (C=O) groups is 7. The molecule has 0 atom stereocenters. The molecule has 558 valence electrons. The Labute approximate surface area is 641 Å². The van der Waals surface area contributed by atoms with Crippen LogP contribution >= 0.6 is 15.9 Å². The van der Waals surface area contributed by atoms with Crippen molar-refractivity contribution in [2.24, 2.45) is 5.73 Å². The number of pyridine rings is 4. The largest absolute Gasteiger partial charge is 0.364 e. The van der Waals surface area contributed by atoms with Crippen molar-refractivity contribution in [3.8, 4) is 62.7 Å². The van der Waals surface area contributed by atoms with Crippen LogP contribution in [-0.4, -0.2) is 127 Å². The van der Waals surface area contributed by atoms with Crippen molar-refractivity contribution in [2.75, 3.05) is 40.8 Å². The molecule has 8 aromatic carbocycles. The molecule has 3 aliphatic heterocycles. The van der Waals surface area contributed by atoms with Crippen LogP contribution < -0.4 is 11.1 Å². The molecule has 21 nitrogen and oxygen atoms in total. The third-order valence-electron chi connectivity index (χ3n) is 17.1. The Morgan fingerprint density at radius 1 is 0.436 bits per heavy atom. The Morgan fingerprint density at radius 3 is 1.05 bits per heavy atom. The van der Waals surface area contributed by atoms with E-state index in [4.69, 9.17) is 16.3 Å². The predicted molar refractivity (Wildman–Crippen MR) is 419 cm³/mol. The Bertz CT molecular complexity index is 5660. The summed E-state index contributed by atoms with van der Waals surface area (Å²) in [6.45, 7) is 2.54. The molecule has 0 radical (unpaired) electrons. The van der Waals surface area contributed by atoms with E-state index < -0.39 is 5.91 Å². The number of hydrogen-bond donors (Lipinski definition) is 2. The highest BCUT2D eigenvalue weighted by atomic mass is 79.9. The zero-order chi connectivity index (χ0) is 75.6. The standard InChI is InChI=1S/C21H17FN4O3.C21H15FN4O2.C17H10BrFN2.C17H11FN2.C4H6N2O2.4CH4/c1-25-11-19(27)26(21(25)29)10-12-2-7-15-16(13-3-5-14(22)6-4-13)9-18(20(23)28)24-17(15)8-12;1-25-12-20(27)26(21(25)28)11-13-2-7-17-18(14-3-5-15(22)6-4-14)9-16(10-23)24-19(17)8-13;18-9-11-1-6-15-16(12-2-4-13(19)5-3-12)8-14(10-20)21-17(15)7-11;1-11-2-7-15-16(12-3-5-13(18)6-4-12)9-14(10-19)20-17(15)8-11;1-6-2-3(7)5-4(6)8;;;;/h2-9H,10-11H2,1H3,(H2,23,28);2-9H,11-12H2,1H3;1-8H,9H2;2-9H,1H3;2H2,1H3,(H,5,7,8);4*1H4. The van der Waals surface area contributed by atoms with Crippen LogP contribution in [0, 0.1) is 64.2 Å². The minimum Gasteiger partial charge on any atom is -0.364 e. The molecule has 12 aromatic rings. The van der Waals surface area contributed by atoms with Crippen LogP contribution in [0.15, 0.2) is 194 Å². The summed E-state index contributed by atoms with van der Waals surface area (Å²) in [4.78, 5) is 104. The Morgan fingerprint density at radius 2 is 0.755 bits per heavy atom. The lowest BCUT2D eigenvalue weighted by Crippen LogP contribution is -2.31. The molecule has 0 bridgehead atoms. The lowest BCUT2D eigenvalue weighted by Gasteiger charge is -2.15. The summed E-state index contributed by atoms with van der Waals surface area (Å²) in [6.07, 6.45) is 0. The van der Waals surface area contributed by atoms with Crippen LogP contribution in [0.25, 0.3) is 88.1 Å². The minimum absolute atomic E-state index is 0. The van der Waals surface area contributed by atoms with Gasteiger partial charge in [0.1, 0.15) is 83.9 Å². The normalized spacial score (nSPS) is 12.6. The molecule has 3 saturated heterocycles. The van der Waals surface area contributed by atoms with Gasteiger partial charge in [-0.15, -0.1) is 0 Å². The fraction of sp³-hybridized carbons (Fsp3) is 0.167. The third-order valence-corrected chi connectivity index (χ3v) is 17.7. The van der Waals surface area contributed by atoms with Crippen molar-refractivity contribution in [2.45, 2.75) is 55.0 Å². The van der Waals surface area contributed by atoms with Crippen LogP contribution in [0.4, 0.5) is 31.9 Å². The fourth-order valence-corrected chi connectivity index (χ4v) is 12.1. The number of hydrogen-bond acceptors (Lipinski definition) is 14. The van der Waals surface area contributed by atoms with Crippen molar-refractivity contribution < 1.29 is 51.1 Å². The van der Waals surface area contributed by atoms with Gasteiger partial charge in [-0.2, -0.15) is 15.8 Å². The van der Waals surface area contributed by atoms with Crippen LogP contribution in [0.1, 0.15) is 79.5 Å². The highest BCUT2D eigenvalue weighted by molar-refractivity contribution is 9.08. The number of alkyl halides is 1. The molecule has 10 amide bonds. The van der Waals surface area contributed by atoms with E-state index >= 15 is 0 Å². The van der Waals surface area contributed by atoms with E-state index in [1.165, 1.54) is 73.0 Å². The Hall–Kier alpha value is -13.6. The highest BCUT2D eigenvalue weighted by Gasteiger charge is 2.35. The van der Waals surface area contributed by atoms with Crippen LogP contribution in [0.5, 0.6) is 0 Å². The number of carbonyl (C=O) groups excluding carboxylic acids is 7. The lowest BCUT2D eigenvalue weighted by molar-refractivity contribution is -0.126. The molecule has 26 heteroatoms. The van der Waals surface area contributed by atoms with Crippen LogP contribution in [-0.2, 0) is 32.8 Å². The lowest BCUT2D eigenvalue weighted by atomic mass is 9.98. The van der Waals surface area contributed by atoms with Gasteiger partial charge in [-0.25, -0.2) is 51.9 Å². The number of aromatic nitrogens is 4. The molecular weight excluding hydrogens is 1470 g/mol. The van der Waals surface area contributed by atoms with Gasteiger partial charge in [0.2, 0.25) is 5.91 Å². The molecule has 0 aliphatic carbocycles. The average Bonchev–Trinajstić information content (AvgIpc) is 1.05. The molecule has 7 heterocycles. The van der Waals surface area contributed by atoms with Gasteiger partial charge in [-0.1, -0.05) is 143 Å². The first-order valence-corrected chi connectivity index (χ1v) is 33.5. The van der Waals surface area contributed by atoms with Gasteiger partial charge < -0.3 is 20.4 Å². The van der Waals surface area contributed by atoms with E-state index in [0.717, 1.165) is 88.0 Å². The summed E-state index contributed by atoms with van der Waals surface area (Å²) in [5.74, 6) is -2.70. The molecule has 15 rings (SSSR count). The molecular formula is C84H75BrF4N14O7.